The molecule has 574 valence electrons. The van der Waals surface area contributed by atoms with Gasteiger partial charge in [-0.2, -0.15) is 13.2 Å². The second-order valence-corrected chi connectivity index (χ2v) is 39.8. The number of hydrogen-bond acceptors (Lipinski definition) is 0. The van der Waals surface area contributed by atoms with Crippen LogP contribution in [-0.2, 0) is 45.3 Å². The van der Waals surface area contributed by atoms with Gasteiger partial charge < -0.3 is 0 Å². The Balaban J connectivity index is 0. The van der Waals surface area contributed by atoms with Gasteiger partial charge in [-0.3, -0.25) is 0 Å². The topological polar surface area (TPSA) is 0 Å². The monoisotopic (exact) mass is 1400 g/mol. The highest BCUT2D eigenvalue weighted by molar-refractivity contribution is 5.48. The Bertz CT molecular complexity index is 3330. The van der Waals surface area contributed by atoms with Crippen LogP contribution in [0.15, 0.2) is 97.1 Å². The minimum absolute atomic E-state index is 0.0670. The third-order valence-corrected chi connectivity index (χ3v) is 17.4. The van der Waals surface area contributed by atoms with Crippen LogP contribution in [-0.4, -0.2) is 6.18 Å². The molecule has 0 fully saturated rings. The van der Waals surface area contributed by atoms with Gasteiger partial charge in [-0.1, -0.05) is 408 Å². The zero-order chi connectivity index (χ0) is 87.4. The van der Waals surface area contributed by atoms with E-state index in [4.69, 9.17) is 12.3 Å². The molecule has 0 spiro atoms. The highest BCUT2D eigenvalue weighted by Crippen LogP contribution is 2.46. The fraction of sp³-hybridized carbons (Fsp3) is 0.691. The van der Waals surface area contributed by atoms with E-state index in [1.54, 1.807) is 59.7 Å². The largest absolute Gasteiger partial charge is 0.393 e. The lowest BCUT2D eigenvalue weighted by molar-refractivity contribution is -0.220. The van der Waals surface area contributed by atoms with Crippen molar-refractivity contribution in [3.8, 4) is 0 Å². The van der Waals surface area contributed by atoms with Crippen LogP contribution < -0.4 is 0 Å². The molecule has 0 saturated heterocycles. The molecule has 5 rings (SSSR count). The molecule has 0 bridgehead atoms. The van der Waals surface area contributed by atoms with E-state index in [-0.39, 0.29) is 27.1 Å². The highest BCUT2D eigenvalue weighted by Gasteiger charge is 2.48. The van der Waals surface area contributed by atoms with E-state index in [0.717, 1.165) is 38.2 Å². The molecular weight excluding hydrogens is 1220 g/mol. The fourth-order valence-corrected chi connectivity index (χ4v) is 12.8. The fourth-order valence-electron chi connectivity index (χ4n) is 12.8. The van der Waals surface area contributed by atoms with Crippen molar-refractivity contribution in [2.24, 2.45) is 34.0 Å². The molecule has 0 amide bonds. The number of alkyl halides is 3. The van der Waals surface area contributed by atoms with E-state index in [2.05, 4.69) is 319 Å². The third kappa shape index (κ3) is 34.7. The van der Waals surface area contributed by atoms with Gasteiger partial charge in [0, 0.05) is 12.3 Å². The summed E-state index contributed by atoms with van der Waals surface area (Å²) in [6, 6.07) is 35.5. The number of halogens is 3. The van der Waals surface area contributed by atoms with Gasteiger partial charge >= 0.3 is 6.18 Å². The van der Waals surface area contributed by atoms with Gasteiger partial charge in [-0.05, 0) is 194 Å². The minimum atomic E-state index is -4.54. The lowest BCUT2D eigenvalue weighted by atomic mass is 9.71. The van der Waals surface area contributed by atoms with Crippen molar-refractivity contribution >= 4 is 0 Å². The summed E-state index contributed by atoms with van der Waals surface area (Å²) >= 11 is 0. The third-order valence-electron chi connectivity index (χ3n) is 17.4. The average molecular weight is 1400 g/mol. The first-order chi connectivity index (χ1) is 48.0. The van der Waals surface area contributed by atoms with E-state index in [0.29, 0.717) is 35.0 Å². The summed E-state index contributed by atoms with van der Waals surface area (Å²) in [5, 5.41) is 0. The molecule has 3 heteroatoms. The maximum Gasteiger partial charge on any atom is 0.393 e. The minimum Gasteiger partial charge on any atom is -0.171 e. The Kier molecular flexibility index (Phi) is 32.5. The standard InChI is InChI=1S/C19H32.C18H30.C17H28.C16H26.C10H14.C9H17F3.C8H18/c1-12(2)15-10-16(13(3)4)18(19(7,8)9)17(11-15)14(5)6;1-13(2)11-15-9-8-10-16(12-14(3)4)17(15)18(5,6)7;1-12(2)13-10-9-11-14(16(3,4)5)15(13)17(6,7)8;1-11(2)13-9-8-10-14(12(3)4)15(13)16(5,6)7;1-10(2,3)9-7-5-4-6-8-9;1-7(2,3)6-8(4,5)9(10,11)12;1-6-7(2)8(3,4)5/h10-14H,1-9H3;8-10,13-14H,11-12H2,1-7H3;9-12H,1-8H3;8-12H,1-7H3;4-8H,1-3H3;6H2,1-5H3;7H,6H2,1-5H3/i;;12D;;;6D2;2D3,6D2,7D. The van der Waals surface area contributed by atoms with E-state index >= 15 is 0 Å². The van der Waals surface area contributed by atoms with E-state index < -0.39 is 53.8 Å². The van der Waals surface area contributed by atoms with Crippen molar-refractivity contribution in [1.29, 1.82) is 0 Å². The van der Waals surface area contributed by atoms with Crippen LogP contribution in [0.2, 0.25) is 0 Å². The zero-order valence-electron chi connectivity index (χ0n) is 82.3. The van der Waals surface area contributed by atoms with Crippen molar-refractivity contribution < 1.29 is 25.5 Å². The number of benzene rings is 5. The Morgan fingerprint density at radius 3 is 0.940 bits per heavy atom. The van der Waals surface area contributed by atoms with Gasteiger partial charge in [0.1, 0.15) is 0 Å². The Morgan fingerprint density at radius 2 is 0.710 bits per heavy atom. The molecule has 0 heterocycles. The van der Waals surface area contributed by atoms with Crippen LogP contribution in [0.5, 0.6) is 0 Å². The molecule has 5 aromatic carbocycles. The summed E-state index contributed by atoms with van der Waals surface area (Å²) in [6.07, 6.45) is -6.53. The summed E-state index contributed by atoms with van der Waals surface area (Å²) in [7, 11) is 0. The molecule has 0 nitrogen and oxygen atoms in total. The SMILES string of the molecule is CC(C)(C)c1ccccc1.CC(C)Cc1cccc(CC(C)C)c1C(C)(C)C.CC(C)c1cc(C(C)C)c(C(C)(C)C)c(C(C)C)c1.CC(C)c1cccc(C(C)C)c1C(C)(C)C.[2H]C(C)(C)c1cccc(C(C)(C)C)c1C(C)(C)C.[2H]C([2H])(C(C)(C)C)C(C)(C)C(F)(F)F.[2H]C([2H])([2H])C([2H])(C([2H])([2H])C)C(C)(C)C. The second kappa shape index (κ2) is 39.8. The predicted molar refractivity (Wildman–Crippen MR) is 449 cm³/mol. The van der Waals surface area contributed by atoms with Crippen molar-refractivity contribution in [1.82, 2.24) is 0 Å². The molecule has 5 aromatic rings. The van der Waals surface area contributed by atoms with Crippen LogP contribution in [0.1, 0.15) is 443 Å². The second-order valence-electron chi connectivity index (χ2n) is 39.8. The molecule has 0 aliphatic heterocycles. The first kappa shape index (κ1) is 81.6. The molecular formula is C97H165F3. The Hall–Kier alpha value is -4.11. The van der Waals surface area contributed by atoms with Gasteiger partial charge in [0.2, 0.25) is 0 Å². The maximum atomic E-state index is 12.6. The summed E-state index contributed by atoms with van der Waals surface area (Å²) in [5.41, 5.74) is 17.5. The lowest BCUT2D eigenvalue weighted by Gasteiger charge is -2.34. The summed E-state index contributed by atoms with van der Waals surface area (Å²) < 4.78 is 106. The first-order valence-electron chi connectivity index (χ1n) is 42.7. The number of rotatable bonds is 12. The van der Waals surface area contributed by atoms with Crippen LogP contribution in [0, 0.1) is 34.0 Å². The van der Waals surface area contributed by atoms with Gasteiger partial charge in [0.05, 0.1) is 5.41 Å². The maximum absolute atomic E-state index is 12.6. The first-order valence-corrected chi connectivity index (χ1v) is 38.2. The Morgan fingerprint density at radius 1 is 0.370 bits per heavy atom. The summed E-state index contributed by atoms with van der Waals surface area (Å²) in [6.45, 7) is 86.8. The predicted octanol–water partition coefficient (Wildman–Crippen LogP) is 32.4. The number of hydrogen-bond donors (Lipinski definition) is 0. The van der Waals surface area contributed by atoms with Gasteiger partial charge in [0.15, 0.2) is 0 Å². The molecule has 0 saturated carbocycles. The lowest BCUT2D eigenvalue weighted by Crippen LogP contribution is -2.35. The zero-order valence-corrected chi connectivity index (χ0v) is 73.3. The van der Waals surface area contributed by atoms with Crippen LogP contribution >= 0.6 is 0 Å². The van der Waals surface area contributed by atoms with E-state index in [1.165, 1.54) is 67.0 Å². The molecule has 100 heavy (non-hydrogen) atoms. The normalized spacial score (nSPS) is 15.3. The summed E-state index contributed by atoms with van der Waals surface area (Å²) in [4.78, 5) is 0. The van der Waals surface area contributed by atoms with E-state index in [1.807, 2.05) is 13.8 Å². The van der Waals surface area contributed by atoms with Crippen LogP contribution in [0.4, 0.5) is 13.2 Å². The average Bonchev–Trinajstić information content (AvgIpc) is 0.745. The molecule has 0 N–H and O–H groups in total. The quantitative estimate of drug-likeness (QED) is 0.117. The van der Waals surface area contributed by atoms with Gasteiger partial charge in [0.25, 0.3) is 0 Å². The molecule has 0 aliphatic rings. The van der Waals surface area contributed by atoms with Crippen molar-refractivity contribution in [2.45, 2.75) is 404 Å². The van der Waals surface area contributed by atoms with Crippen molar-refractivity contribution in [3.63, 3.8) is 0 Å². The molecule has 1 atom stereocenters. The van der Waals surface area contributed by atoms with Crippen molar-refractivity contribution in [3.05, 3.63) is 175 Å². The Labute approximate surface area is 635 Å². The highest BCUT2D eigenvalue weighted by atomic mass is 19.4. The summed E-state index contributed by atoms with van der Waals surface area (Å²) in [5.74, 6) is 1.78. The molecule has 0 radical (unpaired) electrons. The van der Waals surface area contributed by atoms with Crippen LogP contribution in [0.25, 0.3) is 0 Å². The van der Waals surface area contributed by atoms with Crippen molar-refractivity contribution in [2.75, 3.05) is 0 Å². The van der Waals surface area contributed by atoms with Crippen LogP contribution in [0.3, 0.4) is 0 Å². The molecule has 0 aromatic heterocycles. The smallest absolute Gasteiger partial charge is 0.171 e. The molecule has 1 unspecified atom stereocenters. The molecule has 0 aliphatic carbocycles. The van der Waals surface area contributed by atoms with E-state index in [9.17, 15) is 13.2 Å². The van der Waals surface area contributed by atoms with Gasteiger partial charge in [-0.25, -0.2) is 0 Å². The van der Waals surface area contributed by atoms with Gasteiger partial charge in [-0.15, -0.1) is 0 Å².